The quantitative estimate of drug-likeness (QED) is 0.708. The van der Waals surface area contributed by atoms with Gasteiger partial charge in [0, 0.05) is 16.6 Å². The smallest absolute Gasteiger partial charge is 0.285 e. The number of rotatable bonds is 2. The number of nitrogen functional groups attached to an aromatic ring is 1. The van der Waals surface area contributed by atoms with E-state index >= 15 is 0 Å². The van der Waals surface area contributed by atoms with Gasteiger partial charge < -0.3 is 10.7 Å². The third-order valence-corrected chi connectivity index (χ3v) is 5.11. The fraction of sp³-hybridized carbons (Fsp3) is 0. The Morgan fingerprint density at radius 1 is 1.00 bits per heavy atom. The summed E-state index contributed by atoms with van der Waals surface area (Å²) in [6.45, 7) is 0. The number of H-pyrrole nitrogens is 1. The van der Waals surface area contributed by atoms with Gasteiger partial charge in [0.2, 0.25) is 15.7 Å². The molecular weight excluding hydrogens is 307 g/mol. The molecule has 0 radical (unpaired) electrons. The summed E-state index contributed by atoms with van der Waals surface area (Å²) in [6, 6.07) is 11.5. The number of anilines is 1. The maximum Gasteiger partial charge on any atom is 0.285 e. The Labute approximate surface area is 125 Å². The molecule has 0 atom stereocenters. The topological polar surface area (TPSA) is 93.0 Å². The van der Waals surface area contributed by atoms with E-state index in [-0.39, 0.29) is 15.8 Å². The standard InChI is InChI=1S/C15H11FN2O3S/c16-13-14(11-3-1-2-4-12(11)18-15(13)19)22(20,21)10-7-5-9(17)6-8-10/h1-8H,17H2,(H,18,19). The fourth-order valence-electron chi connectivity index (χ4n) is 2.22. The van der Waals surface area contributed by atoms with E-state index in [1.54, 1.807) is 12.1 Å². The average molecular weight is 318 g/mol. The number of nitrogens with two attached hydrogens (primary N) is 1. The highest BCUT2D eigenvalue weighted by Crippen LogP contribution is 2.28. The van der Waals surface area contributed by atoms with Gasteiger partial charge in [0.25, 0.3) is 5.56 Å². The van der Waals surface area contributed by atoms with E-state index in [0.29, 0.717) is 5.69 Å². The Balaban J connectivity index is 2.41. The molecule has 3 rings (SSSR count). The molecule has 112 valence electrons. The van der Waals surface area contributed by atoms with Crippen molar-refractivity contribution in [2.45, 2.75) is 9.79 Å². The molecule has 0 aliphatic rings. The molecule has 5 nitrogen and oxygen atoms in total. The lowest BCUT2D eigenvalue weighted by Gasteiger charge is -2.09. The number of benzene rings is 2. The maximum absolute atomic E-state index is 14.2. The zero-order chi connectivity index (χ0) is 15.9. The van der Waals surface area contributed by atoms with Crippen molar-refractivity contribution < 1.29 is 12.8 Å². The van der Waals surface area contributed by atoms with Gasteiger partial charge in [-0.3, -0.25) is 4.79 Å². The van der Waals surface area contributed by atoms with Crippen LogP contribution in [0, 0.1) is 5.82 Å². The normalized spacial score (nSPS) is 11.7. The van der Waals surface area contributed by atoms with Crippen molar-refractivity contribution in [3.05, 3.63) is 64.7 Å². The number of hydrogen-bond donors (Lipinski definition) is 2. The average Bonchev–Trinajstić information content (AvgIpc) is 2.48. The van der Waals surface area contributed by atoms with Crippen molar-refractivity contribution in [1.29, 1.82) is 0 Å². The van der Waals surface area contributed by atoms with Gasteiger partial charge in [-0.05, 0) is 30.3 Å². The summed E-state index contributed by atoms with van der Waals surface area (Å²) in [7, 11) is -4.19. The SMILES string of the molecule is Nc1ccc(S(=O)(=O)c2c(F)c(=O)[nH]c3ccccc23)cc1. The molecule has 0 unspecified atom stereocenters. The summed E-state index contributed by atoms with van der Waals surface area (Å²) in [5.74, 6) is -1.32. The Kier molecular flexibility index (Phi) is 3.22. The molecule has 0 spiro atoms. The molecule has 1 aromatic heterocycles. The van der Waals surface area contributed by atoms with Crippen molar-refractivity contribution in [3.63, 3.8) is 0 Å². The van der Waals surface area contributed by atoms with Crippen LogP contribution in [0.5, 0.6) is 0 Å². The number of aromatic nitrogens is 1. The Morgan fingerprint density at radius 2 is 1.64 bits per heavy atom. The van der Waals surface area contributed by atoms with Crippen molar-refractivity contribution in [3.8, 4) is 0 Å². The lowest BCUT2D eigenvalue weighted by atomic mass is 10.2. The van der Waals surface area contributed by atoms with Gasteiger partial charge in [-0.2, -0.15) is 4.39 Å². The number of aromatic amines is 1. The van der Waals surface area contributed by atoms with Crippen molar-refractivity contribution in [2.75, 3.05) is 5.73 Å². The lowest BCUT2D eigenvalue weighted by molar-refractivity contribution is 0.560. The monoisotopic (exact) mass is 318 g/mol. The first-order valence-corrected chi connectivity index (χ1v) is 7.81. The molecule has 0 bridgehead atoms. The molecule has 0 fully saturated rings. The second-order valence-electron chi connectivity index (χ2n) is 4.72. The van der Waals surface area contributed by atoms with Crippen LogP contribution in [0.3, 0.4) is 0 Å². The number of halogens is 1. The molecule has 1 heterocycles. The summed E-state index contributed by atoms with van der Waals surface area (Å²) in [5, 5.41) is 0.122. The number of hydrogen-bond acceptors (Lipinski definition) is 4. The number of para-hydroxylation sites is 1. The summed E-state index contributed by atoms with van der Waals surface area (Å²) in [6.07, 6.45) is 0. The maximum atomic E-state index is 14.2. The van der Waals surface area contributed by atoms with Gasteiger partial charge >= 0.3 is 0 Å². The molecule has 3 N–H and O–H groups in total. The van der Waals surface area contributed by atoms with Crippen LogP contribution in [0.2, 0.25) is 0 Å². The lowest BCUT2D eigenvalue weighted by Crippen LogP contribution is -2.17. The minimum atomic E-state index is -4.19. The van der Waals surface area contributed by atoms with Crippen LogP contribution in [-0.2, 0) is 9.84 Å². The molecule has 7 heteroatoms. The molecule has 0 aliphatic carbocycles. The van der Waals surface area contributed by atoms with Gasteiger partial charge in [-0.15, -0.1) is 0 Å². The van der Waals surface area contributed by atoms with Crippen LogP contribution >= 0.6 is 0 Å². The largest absolute Gasteiger partial charge is 0.399 e. The number of fused-ring (bicyclic) bond motifs is 1. The Morgan fingerprint density at radius 3 is 2.32 bits per heavy atom. The van der Waals surface area contributed by atoms with E-state index in [1.165, 1.54) is 36.4 Å². The van der Waals surface area contributed by atoms with E-state index in [2.05, 4.69) is 4.98 Å². The van der Waals surface area contributed by atoms with Crippen molar-refractivity contribution >= 4 is 26.4 Å². The molecule has 22 heavy (non-hydrogen) atoms. The first-order chi connectivity index (χ1) is 10.4. The predicted molar refractivity (Wildman–Crippen MR) is 80.8 cm³/mol. The molecule has 0 saturated heterocycles. The van der Waals surface area contributed by atoms with Crippen LogP contribution in [0.15, 0.2) is 63.1 Å². The molecule has 0 saturated carbocycles. The van der Waals surface area contributed by atoms with Crippen molar-refractivity contribution in [2.24, 2.45) is 0 Å². The molecule has 3 aromatic rings. The van der Waals surface area contributed by atoms with Gasteiger partial charge in [0.05, 0.1) is 4.90 Å². The van der Waals surface area contributed by atoms with Crippen LogP contribution in [0.4, 0.5) is 10.1 Å². The van der Waals surface area contributed by atoms with Gasteiger partial charge in [-0.25, -0.2) is 8.42 Å². The Hall–Kier alpha value is -2.67. The molecule has 2 aromatic carbocycles. The van der Waals surface area contributed by atoms with Gasteiger partial charge in [0.15, 0.2) is 0 Å². The van der Waals surface area contributed by atoms with E-state index in [1.807, 2.05) is 0 Å². The Bertz CT molecular complexity index is 1020. The van der Waals surface area contributed by atoms with E-state index in [4.69, 9.17) is 5.73 Å². The van der Waals surface area contributed by atoms with E-state index in [9.17, 15) is 17.6 Å². The van der Waals surface area contributed by atoms with Crippen molar-refractivity contribution in [1.82, 2.24) is 4.98 Å². The highest BCUT2D eigenvalue weighted by atomic mass is 32.2. The highest BCUT2D eigenvalue weighted by molar-refractivity contribution is 7.91. The zero-order valence-electron chi connectivity index (χ0n) is 11.2. The third kappa shape index (κ3) is 2.15. The molecular formula is C15H11FN2O3S. The van der Waals surface area contributed by atoms with Crippen LogP contribution < -0.4 is 11.3 Å². The molecule has 0 aliphatic heterocycles. The van der Waals surface area contributed by atoms with E-state index < -0.39 is 26.1 Å². The fourth-order valence-corrected chi connectivity index (χ4v) is 3.74. The number of nitrogens with one attached hydrogen (secondary N) is 1. The summed E-state index contributed by atoms with van der Waals surface area (Å²) in [5.41, 5.74) is 5.09. The van der Waals surface area contributed by atoms with Crippen LogP contribution in [0.25, 0.3) is 10.9 Å². The molecule has 0 amide bonds. The first kappa shape index (κ1) is 14.3. The minimum Gasteiger partial charge on any atom is -0.399 e. The second kappa shape index (κ2) is 4.96. The van der Waals surface area contributed by atoms with Crippen LogP contribution in [0.1, 0.15) is 0 Å². The van der Waals surface area contributed by atoms with Crippen LogP contribution in [-0.4, -0.2) is 13.4 Å². The third-order valence-electron chi connectivity index (χ3n) is 3.28. The van der Waals surface area contributed by atoms with E-state index in [0.717, 1.165) is 0 Å². The van der Waals surface area contributed by atoms with Gasteiger partial charge in [-0.1, -0.05) is 18.2 Å². The number of sulfone groups is 1. The number of pyridine rings is 1. The first-order valence-electron chi connectivity index (χ1n) is 6.32. The summed E-state index contributed by atoms with van der Waals surface area (Å²) >= 11 is 0. The second-order valence-corrected chi connectivity index (χ2v) is 6.60. The summed E-state index contributed by atoms with van der Waals surface area (Å²) in [4.78, 5) is 13.2. The predicted octanol–water partition coefficient (Wildman–Crippen LogP) is 2.08. The van der Waals surface area contributed by atoms with Gasteiger partial charge in [0.1, 0.15) is 4.90 Å². The zero-order valence-corrected chi connectivity index (χ0v) is 12.0. The summed E-state index contributed by atoms with van der Waals surface area (Å²) < 4.78 is 39.6. The highest BCUT2D eigenvalue weighted by Gasteiger charge is 2.26. The minimum absolute atomic E-state index is 0.122.